The number of amides is 1. The van der Waals surface area contributed by atoms with E-state index in [9.17, 15) is 14.7 Å². The molecule has 0 fully saturated rings. The van der Waals surface area contributed by atoms with Crippen molar-refractivity contribution in [2.45, 2.75) is 13.8 Å². The molecule has 0 atom stereocenters. The van der Waals surface area contributed by atoms with Gasteiger partial charge in [0.05, 0.1) is 12.1 Å². The Balaban J connectivity index is 2.10. The van der Waals surface area contributed by atoms with Crippen LogP contribution in [0.15, 0.2) is 30.3 Å². The normalized spacial score (nSPS) is 10.3. The number of para-hydroxylation sites is 1. The maximum atomic E-state index is 12.2. The van der Waals surface area contributed by atoms with Crippen molar-refractivity contribution in [3.63, 3.8) is 0 Å². The number of nitrogens with one attached hydrogen (secondary N) is 1. The van der Waals surface area contributed by atoms with E-state index < -0.39 is 5.97 Å². The number of nitrogens with zero attached hydrogens (tertiary/aromatic N) is 1. The minimum Gasteiger partial charge on any atom is -0.478 e. The van der Waals surface area contributed by atoms with Gasteiger partial charge < -0.3 is 15.3 Å². The molecule has 0 unspecified atom stereocenters. The van der Waals surface area contributed by atoms with Gasteiger partial charge in [0, 0.05) is 17.6 Å². The molecule has 1 aromatic carbocycles. The smallest absolute Gasteiger partial charge is 0.338 e. The molecule has 0 saturated heterocycles. The van der Waals surface area contributed by atoms with Crippen molar-refractivity contribution >= 4 is 33.9 Å². The van der Waals surface area contributed by atoms with Crippen molar-refractivity contribution in [2.75, 3.05) is 23.8 Å². The summed E-state index contributed by atoms with van der Waals surface area (Å²) in [4.78, 5) is 26.2. The Kier molecular flexibility index (Phi) is 4.82. The number of hydrogen-bond donors (Lipinski definition) is 2. The molecule has 1 aromatic heterocycles. The van der Waals surface area contributed by atoms with Crippen molar-refractivity contribution in [3.8, 4) is 0 Å². The highest BCUT2D eigenvalue weighted by atomic mass is 32.1. The minimum absolute atomic E-state index is 0.152. The highest BCUT2D eigenvalue weighted by molar-refractivity contribution is 7.16. The molecule has 1 heterocycles. The van der Waals surface area contributed by atoms with Gasteiger partial charge in [-0.2, -0.15) is 0 Å². The Labute approximate surface area is 133 Å². The zero-order valence-electron chi connectivity index (χ0n) is 12.7. The molecule has 0 radical (unpaired) electrons. The zero-order chi connectivity index (χ0) is 16.3. The lowest BCUT2D eigenvalue weighted by Crippen LogP contribution is -2.30. The summed E-state index contributed by atoms with van der Waals surface area (Å²) in [6.07, 6.45) is 0. The van der Waals surface area contributed by atoms with Gasteiger partial charge in [-0.15, -0.1) is 11.3 Å². The lowest BCUT2D eigenvalue weighted by atomic mass is 10.1. The Hall–Kier alpha value is -2.34. The van der Waals surface area contributed by atoms with Gasteiger partial charge in [-0.25, -0.2) is 4.79 Å². The van der Waals surface area contributed by atoms with Gasteiger partial charge in [0.2, 0.25) is 5.91 Å². The monoisotopic (exact) mass is 318 g/mol. The molecule has 5 nitrogen and oxygen atoms in total. The highest BCUT2D eigenvalue weighted by Gasteiger charge is 2.20. The van der Waals surface area contributed by atoms with Crippen molar-refractivity contribution in [1.29, 1.82) is 0 Å². The molecule has 2 N–H and O–H groups in total. The number of carboxylic acid groups (broad SMARTS) is 1. The molecule has 22 heavy (non-hydrogen) atoms. The topological polar surface area (TPSA) is 69.6 Å². The fourth-order valence-electron chi connectivity index (χ4n) is 2.13. The largest absolute Gasteiger partial charge is 0.478 e. The number of carbonyl (C=O) groups is 2. The molecular formula is C16H18N2O3S. The summed E-state index contributed by atoms with van der Waals surface area (Å²) >= 11 is 1.29. The van der Waals surface area contributed by atoms with Crippen LogP contribution in [-0.2, 0) is 4.79 Å². The number of carboxylic acids is 1. The van der Waals surface area contributed by atoms with Gasteiger partial charge in [-0.05, 0) is 31.5 Å². The summed E-state index contributed by atoms with van der Waals surface area (Å²) in [5, 5.41) is 12.4. The maximum Gasteiger partial charge on any atom is 0.338 e. The van der Waals surface area contributed by atoms with Crippen LogP contribution in [-0.4, -0.2) is 30.6 Å². The number of aryl methyl sites for hydroxylation is 1. The second-order valence-electron chi connectivity index (χ2n) is 5.03. The molecule has 0 spiro atoms. The summed E-state index contributed by atoms with van der Waals surface area (Å²) in [6, 6.07) is 9.54. The predicted octanol–water partition coefficient (Wildman–Crippen LogP) is 3.14. The fourth-order valence-corrected chi connectivity index (χ4v) is 3.20. The van der Waals surface area contributed by atoms with Gasteiger partial charge in [-0.3, -0.25) is 4.79 Å². The van der Waals surface area contributed by atoms with E-state index in [0.29, 0.717) is 10.6 Å². The predicted molar refractivity (Wildman–Crippen MR) is 89.1 cm³/mol. The first-order valence-electron chi connectivity index (χ1n) is 6.79. The van der Waals surface area contributed by atoms with E-state index in [2.05, 4.69) is 5.32 Å². The van der Waals surface area contributed by atoms with Crippen LogP contribution in [0, 0.1) is 13.8 Å². The molecule has 116 valence electrons. The number of likely N-dealkylation sites (N-methyl/N-ethyl adjacent to an activating group) is 1. The third kappa shape index (κ3) is 3.46. The number of thiophene rings is 1. The van der Waals surface area contributed by atoms with Crippen LogP contribution in [0.5, 0.6) is 0 Å². The Morgan fingerprint density at radius 3 is 2.45 bits per heavy atom. The molecule has 2 aromatic rings. The minimum atomic E-state index is -1.02. The molecule has 0 aliphatic carbocycles. The third-order valence-corrected chi connectivity index (χ3v) is 4.55. The van der Waals surface area contributed by atoms with Crippen LogP contribution in [0.2, 0.25) is 0 Å². The summed E-state index contributed by atoms with van der Waals surface area (Å²) in [6.45, 7) is 3.75. The van der Waals surface area contributed by atoms with Crippen molar-refractivity contribution in [1.82, 2.24) is 0 Å². The summed E-state index contributed by atoms with van der Waals surface area (Å²) in [5.41, 5.74) is 1.80. The molecule has 0 bridgehead atoms. The van der Waals surface area contributed by atoms with Crippen LogP contribution in [0.4, 0.5) is 10.7 Å². The third-order valence-electron chi connectivity index (χ3n) is 3.43. The summed E-state index contributed by atoms with van der Waals surface area (Å²) in [7, 11) is 1.82. The van der Waals surface area contributed by atoms with E-state index in [1.165, 1.54) is 11.3 Å². The Morgan fingerprint density at radius 2 is 1.86 bits per heavy atom. The standard InChI is InChI=1S/C16H18N2O3S/c1-10-11(2)22-15(14(10)16(20)21)17-13(19)9-18(3)12-7-5-4-6-8-12/h4-8H,9H2,1-3H3,(H,17,19)(H,20,21). The van der Waals surface area contributed by atoms with Gasteiger partial charge in [0.1, 0.15) is 5.00 Å². The number of carbonyl (C=O) groups excluding carboxylic acids is 1. The molecule has 1 amide bonds. The fraction of sp³-hybridized carbons (Fsp3) is 0.250. The van der Waals surface area contributed by atoms with Gasteiger partial charge in [-0.1, -0.05) is 18.2 Å². The first-order valence-corrected chi connectivity index (χ1v) is 7.61. The average Bonchev–Trinajstić information content (AvgIpc) is 2.74. The molecule has 0 aliphatic rings. The highest BCUT2D eigenvalue weighted by Crippen LogP contribution is 2.32. The van der Waals surface area contributed by atoms with E-state index >= 15 is 0 Å². The molecular weight excluding hydrogens is 300 g/mol. The van der Waals surface area contributed by atoms with Gasteiger partial charge in [0.25, 0.3) is 0 Å². The number of benzene rings is 1. The maximum absolute atomic E-state index is 12.2. The number of rotatable bonds is 5. The SMILES string of the molecule is Cc1sc(NC(=O)CN(C)c2ccccc2)c(C(=O)O)c1C. The van der Waals surface area contributed by atoms with E-state index in [-0.39, 0.29) is 18.0 Å². The number of hydrogen-bond acceptors (Lipinski definition) is 4. The molecule has 6 heteroatoms. The second kappa shape index (κ2) is 6.62. The van der Waals surface area contributed by atoms with Crippen LogP contribution < -0.4 is 10.2 Å². The Morgan fingerprint density at radius 1 is 1.23 bits per heavy atom. The van der Waals surface area contributed by atoms with Crippen molar-refractivity contribution < 1.29 is 14.7 Å². The first kappa shape index (κ1) is 16.0. The summed E-state index contributed by atoms with van der Waals surface area (Å²) < 4.78 is 0. The van der Waals surface area contributed by atoms with Crippen LogP contribution in [0.1, 0.15) is 20.8 Å². The van der Waals surface area contributed by atoms with Crippen LogP contribution >= 0.6 is 11.3 Å². The molecule has 0 saturated carbocycles. The number of aromatic carboxylic acids is 1. The van der Waals surface area contributed by atoms with E-state index in [1.807, 2.05) is 49.2 Å². The van der Waals surface area contributed by atoms with Crippen molar-refractivity contribution in [3.05, 3.63) is 46.3 Å². The second-order valence-corrected chi connectivity index (χ2v) is 6.26. The van der Waals surface area contributed by atoms with Crippen LogP contribution in [0.3, 0.4) is 0 Å². The van der Waals surface area contributed by atoms with Gasteiger partial charge in [0.15, 0.2) is 0 Å². The lowest BCUT2D eigenvalue weighted by molar-refractivity contribution is -0.114. The quantitative estimate of drug-likeness (QED) is 0.888. The van der Waals surface area contributed by atoms with E-state index in [0.717, 1.165) is 10.6 Å². The van der Waals surface area contributed by atoms with E-state index in [1.54, 1.807) is 6.92 Å². The average molecular weight is 318 g/mol. The Bertz CT molecular complexity index is 695. The lowest BCUT2D eigenvalue weighted by Gasteiger charge is -2.18. The first-order chi connectivity index (χ1) is 10.4. The molecule has 0 aliphatic heterocycles. The zero-order valence-corrected chi connectivity index (χ0v) is 13.5. The van der Waals surface area contributed by atoms with Crippen LogP contribution in [0.25, 0.3) is 0 Å². The number of anilines is 2. The molecule has 2 rings (SSSR count). The summed E-state index contributed by atoms with van der Waals surface area (Å²) in [5.74, 6) is -1.26. The van der Waals surface area contributed by atoms with Gasteiger partial charge >= 0.3 is 5.97 Å². The van der Waals surface area contributed by atoms with E-state index in [4.69, 9.17) is 0 Å². The van der Waals surface area contributed by atoms with Crippen molar-refractivity contribution in [2.24, 2.45) is 0 Å².